The van der Waals surface area contributed by atoms with Crippen molar-refractivity contribution in [3.05, 3.63) is 41.4 Å². The van der Waals surface area contributed by atoms with E-state index in [1.807, 2.05) is 12.1 Å². The van der Waals surface area contributed by atoms with E-state index >= 15 is 0 Å². The normalized spacial score (nSPS) is 10.3. The third-order valence-electron chi connectivity index (χ3n) is 2.24. The van der Waals surface area contributed by atoms with Crippen molar-refractivity contribution in [3.8, 4) is 5.75 Å². The van der Waals surface area contributed by atoms with E-state index in [4.69, 9.17) is 22.1 Å². The molecule has 94 valence electrons. The fraction of sp³-hybridized carbons (Fsp3) is 0.167. The van der Waals surface area contributed by atoms with Gasteiger partial charge in [-0.25, -0.2) is 4.98 Å². The van der Waals surface area contributed by atoms with E-state index in [1.54, 1.807) is 31.1 Å². The van der Waals surface area contributed by atoms with E-state index in [0.29, 0.717) is 16.6 Å². The van der Waals surface area contributed by atoms with Crippen molar-refractivity contribution in [1.29, 1.82) is 0 Å². The molecule has 1 aromatic carbocycles. The van der Waals surface area contributed by atoms with Crippen LogP contribution in [0.2, 0.25) is 5.15 Å². The molecule has 0 saturated heterocycles. The highest BCUT2D eigenvalue weighted by atomic mass is 35.5. The maximum atomic E-state index is 5.70. The second kappa shape index (κ2) is 5.93. The Balaban J connectivity index is 2.08. The number of hydrogen-bond donors (Lipinski definition) is 1. The van der Waals surface area contributed by atoms with E-state index in [-0.39, 0.29) is 0 Å². The molecule has 0 unspecified atom stereocenters. The van der Waals surface area contributed by atoms with Crippen molar-refractivity contribution in [2.75, 3.05) is 12.8 Å². The first kappa shape index (κ1) is 13.0. The van der Waals surface area contributed by atoms with Gasteiger partial charge in [-0.3, -0.25) is 4.98 Å². The number of nitrogen functional groups attached to an aromatic ring is 1. The summed E-state index contributed by atoms with van der Waals surface area (Å²) in [6.45, 7) is 0. The largest absolute Gasteiger partial charge is 0.496 e. The summed E-state index contributed by atoms with van der Waals surface area (Å²) in [6.07, 6.45) is 3.21. The molecule has 0 aliphatic rings. The van der Waals surface area contributed by atoms with Crippen molar-refractivity contribution < 1.29 is 4.74 Å². The highest BCUT2D eigenvalue weighted by molar-refractivity contribution is 7.98. The second-order valence-electron chi connectivity index (χ2n) is 3.53. The number of benzene rings is 1. The Kier molecular flexibility index (Phi) is 4.28. The number of aromatic nitrogens is 2. The van der Waals surface area contributed by atoms with Crippen LogP contribution >= 0.6 is 23.4 Å². The maximum Gasteiger partial charge on any atom is 0.147 e. The van der Waals surface area contributed by atoms with Crippen LogP contribution in [0.4, 0.5) is 5.69 Å². The van der Waals surface area contributed by atoms with Gasteiger partial charge in [0.1, 0.15) is 10.9 Å². The lowest BCUT2D eigenvalue weighted by atomic mass is 10.3. The maximum absolute atomic E-state index is 5.70. The molecule has 6 heteroatoms. The van der Waals surface area contributed by atoms with Gasteiger partial charge in [0, 0.05) is 22.4 Å². The molecule has 1 heterocycles. The van der Waals surface area contributed by atoms with Gasteiger partial charge in [0.25, 0.3) is 0 Å². The van der Waals surface area contributed by atoms with Gasteiger partial charge < -0.3 is 10.5 Å². The standard InChI is InChI=1S/C12H12ClN3OS/c1-17-10-4-8(14)2-3-11(10)18-7-9-5-16-12(13)6-15-9/h2-6H,7,14H2,1H3. The van der Waals surface area contributed by atoms with Gasteiger partial charge in [0.2, 0.25) is 0 Å². The number of anilines is 1. The minimum Gasteiger partial charge on any atom is -0.496 e. The first-order chi connectivity index (χ1) is 8.69. The second-order valence-corrected chi connectivity index (χ2v) is 4.93. The first-order valence-electron chi connectivity index (χ1n) is 5.22. The molecule has 0 aliphatic heterocycles. The predicted octanol–water partition coefficient (Wildman–Crippen LogP) is 3.01. The minimum atomic E-state index is 0.397. The minimum absolute atomic E-state index is 0.397. The number of ether oxygens (including phenoxy) is 1. The summed E-state index contributed by atoms with van der Waals surface area (Å²) in [5, 5.41) is 0.397. The van der Waals surface area contributed by atoms with E-state index < -0.39 is 0 Å². The average Bonchev–Trinajstić information content (AvgIpc) is 2.39. The number of nitrogens with two attached hydrogens (primary N) is 1. The van der Waals surface area contributed by atoms with Crippen LogP contribution in [-0.2, 0) is 5.75 Å². The number of nitrogens with zero attached hydrogens (tertiary/aromatic N) is 2. The van der Waals surface area contributed by atoms with Gasteiger partial charge in [-0.05, 0) is 12.1 Å². The molecule has 0 bridgehead atoms. The van der Waals surface area contributed by atoms with Crippen molar-refractivity contribution >= 4 is 29.1 Å². The van der Waals surface area contributed by atoms with Crippen LogP contribution < -0.4 is 10.5 Å². The molecule has 0 fully saturated rings. The van der Waals surface area contributed by atoms with Crippen LogP contribution in [0.5, 0.6) is 5.75 Å². The quantitative estimate of drug-likeness (QED) is 0.689. The highest BCUT2D eigenvalue weighted by Crippen LogP contribution is 2.32. The zero-order valence-corrected chi connectivity index (χ0v) is 11.3. The number of rotatable bonds is 4. The Bertz CT molecular complexity index is 533. The Hall–Kier alpha value is -1.46. The van der Waals surface area contributed by atoms with Crippen molar-refractivity contribution in [2.45, 2.75) is 10.6 Å². The zero-order valence-electron chi connectivity index (χ0n) is 9.76. The van der Waals surface area contributed by atoms with Crippen LogP contribution in [0.15, 0.2) is 35.5 Å². The monoisotopic (exact) mass is 281 g/mol. The van der Waals surface area contributed by atoms with Crippen LogP contribution in [0, 0.1) is 0 Å². The molecule has 4 nitrogen and oxygen atoms in total. The molecule has 0 radical (unpaired) electrons. The van der Waals surface area contributed by atoms with E-state index in [9.17, 15) is 0 Å². The van der Waals surface area contributed by atoms with Crippen LogP contribution in [0.25, 0.3) is 0 Å². The fourth-order valence-corrected chi connectivity index (χ4v) is 2.37. The number of methoxy groups -OCH3 is 1. The lowest BCUT2D eigenvalue weighted by Gasteiger charge is -2.08. The lowest BCUT2D eigenvalue weighted by molar-refractivity contribution is 0.405. The number of thioether (sulfide) groups is 1. The average molecular weight is 282 g/mol. The Labute approximate surface area is 115 Å². The van der Waals surface area contributed by atoms with Gasteiger partial charge in [0.05, 0.1) is 25.2 Å². The topological polar surface area (TPSA) is 61.0 Å². The van der Waals surface area contributed by atoms with Crippen LogP contribution in [-0.4, -0.2) is 17.1 Å². The molecule has 0 spiro atoms. The molecule has 0 amide bonds. The summed E-state index contributed by atoms with van der Waals surface area (Å²) >= 11 is 7.29. The molecule has 2 N–H and O–H groups in total. The summed E-state index contributed by atoms with van der Waals surface area (Å²) in [5.41, 5.74) is 7.25. The number of halogens is 1. The molecular formula is C12H12ClN3OS. The molecule has 2 aromatic rings. The summed E-state index contributed by atoms with van der Waals surface area (Å²) < 4.78 is 5.28. The highest BCUT2D eigenvalue weighted by Gasteiger charge is 2.05. The van der Waals surface area contributed by atoms with Gasteiger partial charge in [-0.2, -0.15) is 0 Å². The molecule has 0 saturated carbocycles. The van der Waals surface area contributed by atoms with Crippen LogP contribution in [0.1, 0.15) is 5.69 Å². The third kappa shape index (κ3) is 3.27. The first-order valence-corrected chi connectivity index (χ1v) is 6.58. The summed E-state index contributed by atoms with van der Waals surface area (Å²) in [4.78, 5) is 9.19. The summed E-state index contributed by atoms with van der Waals surface area (Å²) in [7, 11) is 1.63. The van der Waals surface area contributed by atoms with Gasteiger partial charge in [-0.15, -0.1) is 11.8 Å². The smallest absolute Gasteiger partial charge is 0.147 e. The molecule has 0 atom stereocenters. The van der Waals surface area contributed by atoms with Gasteiger partial charge >= 0.3 is 0 Å². The zero-order chi connectivity index (χ0) is 13.0. The Morgan fingerprint density at radius 2 is 2.17 bits per heavy atom. The van der Waals surface area contributed by atoms with Crippen molar-refractivity contribution in [2.24, 2.45) is 0 Å². The third-order valence-corrected chi connectivity index (χ3v) is 3.52. The molecule has 1 aromatic heterocycles. The SMILES string of the molecule is COc1cc(N)ccc1SCc1cnc(Cl)cn1. The van der Waals surface area contributed by atoms with Crippen LogP contribution in [0.3, 0.4) is 0 Å². The van der Waals surface area contributed by atoms with Crippen molar-refractivity contribution in [3.63, 3.8) is 0 Å². The number of hydrogen-bond acceptors (Lipinski definition) is 5. The predicted molar refractivity (Wildman–Crippen MR) is 74.0 cm³/mol. The fourth-order valence-electron chi connectivity index (χ4n) is 1.37. The molecule has 0 aliphatic carbocycles. The molecular weight excluding hydrogens is 270 g/mol. The Morgan fingerprint density at radius 3 is 2.83 bits per heavy atom. The van der Waals surface area contributed by atoms with Gasteiger partial charge in [-0.1, -0.05) is 11.6 Å². The molecule has 18 heavy (non-hydrogen) atoms. The Morgan fingerprint density at radius 1 is 1.33 bits per heavy atom. The van der Waals surface area contributed by atoms with E-state index in [0.717, 1.165) is 16.3 Å². The summed E-state index contributed by atoms with van der Waals surface area (Å²) in [6, 6.07) is 5.58. The molecule has 2 rings (SSSR count). The van der Waals surface area contributed by atoms with E-state index in [1.165, 1.54) is 6.20 Å². The lowest BCUT2D eigenvalue weighted by Crippen LogP contribution is -1.92. The van der Waals surface area contributed by atoms with E-state index in [2.05, 4.69) is 9.97 Å². The summed E-state index contributed by atoms with van der Waals surface area (Å²) in [5.74, 6) is 1.46. The van der Waals surface area contributed by atoms with Gasteiger partial charge in [0.15, 0.2) is 0 Å². The van der Waals surface area contributed by atoms with Crippen molar-refractivity contribution in [1.82, 2.24) is 9.97 Å².